The van der Waals surface area contributed by atoms with Crippen LogP contribution in [0.2, 0.25) is 5.15 Å². The van der Waals surface area contributed by atoms with Gasteiger partial charge >= 0.3 is 0 Å². The van der Waals surface area contributed by atoms with E-state index in [1.807, 2.05) is 23.7 Å². The van der Waals surface area contributed by atoms with Gasteiger partial charge in [0.15, 0.2) is 5.65 Å². The molecule has 1 saturated heterocycles. The van der Waals surface area contributed by atoms with Crippen LogP contribution in [0.1, 0.15) is 42.1 Å². The summed E-state index contributed by atoms with van der Waals surface area (Å²) in [6.07, 6.45) is 6.94. The summed E-state index contributed by atoms with van der Waals surface area (Å²) in [5, 5.41) is 6.44. The van der Waals surface area contributed by atoms with E-state index in [1.54, 1.807) is 6.33 Å². The van der Waals surface area contributed by atoms with E-state index in [4.69, 9.17) is 16.7 Å². The van der Waals surface area contributed by atoms with Crippen LogP contribution in [0.25, 0.3) is 16.6 Å². The van der Waals surface area contributed by atoms with Gasteiger partial charge in [-0.25, -0.2) is 19.5 Å². The second-order valence-corrected chi connectivity index (χ2v) is 7.87. The smallest absolute Gasteiger partial charge is 0.157 e. The standard InChI is InChI=1S/C21H21ClN6/c1-13-6-7-16-15(9-13)21(24-12-23-16)27-8-4-3-5-18(27)17-10-19-25-20(22)14(2)11-28(19)26-17/h6-7,9-12,18H,3-5,8H2,1-2H3. The number of benzene rings is 1. The van der Waals surface area contributed by atoms with Crippen molar-refractivity contribution < 1.29 is 0 Å². The fraction of sp³-hybridized carbons (Fsp3) is 0.333. The fourth-order valence-corrected chi connectivity index (χ4v) is 4.18. The lowest BCUT2D eigenvalue weighted by Gasteiger charge is -2.36. The van der Waals surface area contributed by atoms with Gasteiger partial charge in [0.05, 0.1) is 17.3 Å². The summed E-state index contributed by atoms with van der Waals surface area (Å²) in [5.41, 5.74) is 4.88. The van der Waals surface area contributed by atoms with E-state index in [9.17, 15) is 0 Å². The van der Waals surface area contributed by atoms with Crippen LogP contribution >= 0.6 is 11.6 Å². The molecule has 3 aromatic heterocycles. The number of hydrogen-bond acceptors (Lipinski definition) is 5. The minimum absolute atomic E-state index is 0.160. The Bertz CT molecular complexity index is 1150. The Balaban J connectivity index is 1.62. The van der Waals surface area contributed by atoms with Crippen molar-refractivity contribution in [3.8, 4) is 0 Å². The number of aromatic nitrogens is 5. The summed E-state index contributed by atoms with van der Waals surface area (Å²) in [4.78, 5) is 16.0. The second-order valence-electron chi connectivity index (χ2n) is 7.51. The molecule has 0 aliphatic carbocycles. The van der Waals surface area contributed by atoms with Gasteiger partial charge in [0.1, 0.15) is 17.3 Å². The predicted molar refractivity (Wildman–Crippen MR) is 111 cm³/mol. The van der Waals surface area contributed by atoms with Crippen molar-refractivity contribution >= 4 is 34.0 Å². The Labute approximate surface area is 168 Å². The molecule has 1 unspecified atom stereocenters. The van der Waals surface area contributed by atoms with Crippen LogP contribution in [0.5, 0.6) is 0 Å². The number of anilines is 1. The highest BCUT2D eigenvalue weighted by Gasteiger charge is 2.29. The van der Waals surface area contributed by atoms with Gasteiger partial charge in [-0.2, -0.15) is 5.10 Å². The van der Waals surface area contributed by atoms with Gasteiger partial charge in [0.25, 0.3) is 0 Å². The van der Waals surface area contributed by atoms with Crippen LogP contribution in [-0.4, -0.2) is 31.1 Å². The molecule has 0 N–H and O–H groups in total. The summed E-state index contributed by atoms with van der Waals surface area (Å²) in [5.74, 6) is 0.984. The molecule has 6 nitrogen and oxygen atoms in total. The molecule has 28 heavy (non-hydrogen) atoms. The number of hydrogen-bond donors (Lipinski definition) is 0. The van der Waals surface area contributed by atoms with Crippen molar-refractivity contribution in [2.45, 2.75) is 39.2 Å². The minimum Gasteiger partial charge on any atom is -0.347 e. The van der Waals surface area contributed by atoms with Gasteiger partial charge < -0.3 is 4.90 Å². The van der Waals surface area contributed by atoms with Gasteiger partial charge in [0, 0.05) is 29.8 Å². The van der Waals surface area contributed by atoms with E-state index in [0.717, 1.165) is 53.0 Å². The molecule has 1 atom stereocenters. The van der Waals surface area contributed by atoms with E-state index in [-0.39, 0.29) is 6.04 Å². The minimum atomic E-state index is 0.160. The second kappa shape index (κ2) is 6.71. The Kier molecular flexibility index (Phi) is 4.16. The zero-order valence-electron chi connectivity index (χ0n) is 15.9. The summed E-state index contributed by atoms with van der Waals surface area (Å²) in [6.45, 7) is 4.99. The van der Waals surface area contributed by atoms with Crippen molar-refractivity contribution in [2.75, 3.05) is 11.4 Å². The molecule has 4 heterocycles. The van der Waals surface area contributed by atoms with Crippen molar-refractivity contribution in [1.82, 2.24) is 24.6 Å². The monoisotopic (exact) mass is 392 g/mol. The van der Waals surface area contributed by atoms with Crippen LogP contribution in [0.3, 0.4) is 0 Å². The quantitative estimate of drug-likeness (QED) is 0.464. The van der Waals surface area contributed by atoms with Crippen LogP contribution < -0.4 is 4.90 Å². The van der Waals surface area contributed by atoms with E-state index in [0.29, 0.717) is 5.15 Å². The highest BCUT2D eigenvalue weighted by atomic mass is 35.5. The van der Waals surface area contributed by atoms with Gasteiger partial charge in [-0.3, -0.25) is 0 Å². The van der Waals surface area contributed by atoms with Gasteiger partial charge in [-0.15, -0.1) is 0 Å². The molecule has 0 spiro atoms. The van der Waals surface area contributed by atoms with Gasteiger partial charge in [0.2, 0.25) is 0 Å². The van der Waals surface area contributed by atoms with E-state index in [1.165, 1.54) is 12.0 Å². The molecule has 0 amide bonds. The van der Waals surface area contributed by atoms with Crippen molar-refractivity contribution in [1.29, 1.82) is 0 Å². The number of aryl methyl sites for hydroxylation is 2. The maximum atomic E-state index is 6.21. The molecule has 4 aromatic rings. The molecule has 0 saturated carbocycles. The average molecular weight is 393 g/mol. The first-order valence-electron chi connectivity index (χ1n) is 9.60. The average Bonchev–Trinajstić information content (AvgIpc) is 3.10. The summed E-state index contributed by atoms with van der Waals surface area (Å²) in [6, 6.07) is 8.53. The normalized spacial score (nSPS) is 17.5. The van der Waals surface area contributed by atoms with Crippen molar-refractivity contribution in [3.63, 3.8) is 0 Å². The molecule has 1 aliphatic heterocycles. The largest absolute Gasteiger partial charge is 0.347 e. The van der Waals surface area contributed by atoms with Gasteiger partial charge in [-0.05, 0) is 45.2 Å². The number of piperidine rings is 1. The maximum absolute atomic E-state index is 6.21. The van der Waals surface area contributed by atoms with Crippen molar-refractivity contribution in [2.24, 2.45) is 0 Å². The molecule has 1 fully saturated rings. The zero-order chi connectivity index (χ0) is 19.3. The number of nitrogens with zero attached hydrogens (tertiary/aromatic N) is 6. The molecule has 0 radical (unpaired) electrons. The molecular weight excluding hydrogens is 372 g/mol. The first-order chi connectivity index (χ1) is 13.6. The molecule has 142 valence electrons. The lowest BCUT2D eigenvalue weighted by Crippen LogP contribution is -2.34. The lowest BCUT2D eigenvalue weighted by atomic mass is 9.98. The van der Waals surface area contributed by atoms with E-state index >= 15 is 0 Å². The van der Waals surface area contributed by atoms with E-state index < -0.39 is 0 Å². The highest BCUT2D eigenvalue weighted by molar-refractivity contribution is 6.30. The van der Waals surface area contributed by atoms with Crippen molar-refractivity contribution in [3.05, 3.63) is 58.8 Å². The third kappa shape index (κ3) is 2.88. The SMILES string of the molecule is Cc1ccc2ncnc(N3CCCCC3c3cc4nc(Cl)c(C)cn4n3)c2c1. The van der Waals surface area contributed by atoms with E-state index in [2.05, 4.69) is 45.0 Å². The summed E-state index contributed by atoms with van der Waals surface area (Å²) >= 11 is 6.21. The molecule has 1 aromatic carbocycles. The predicted octanol–water partition coefficient (Wildman–Crippen LogP) is 4.67. The molecular formula is C21H21ClN6. The fourth-order valence-electron chi connectivity index (χ4n) is 4.05. The third-order valence-corrected chi connectivity index (χ3v) is 5.86. The van der Waals surface area contributed by atoms with Crippen LogP contribution in [-0.2, 0) is 0 Å². The Morgan fingerprint density at radius 1 is 1.11 bits per heavy atom. The highest BCUT2D eigenvalue weighted by Crippen LogP contribution is 2.36. The van der Waals surface area contributed by atoms with Crippen LogP contribution in [0, 0.1) is 13.8 Å². The Morgan fingerprint density at radius 3 is 2.89 bits per heavy atom. The molecule has 1 aliphatic rings. The zero-order valence-corrected chi connectivity index (χ0v) is 16.7. The maximum Gasteiger partial charge on any atom is 0.157 e. The molecule has 0 bridgehead atoms. The van der Waals surface area contributed by atoms with Gasteiger partial charge in [-0.1, -0.05) is 23.2 Å². The molecule has 5 rings (SSSR count). The summed E-state index contributed by atoms with van der Waals surface area (Å²) < 4.78 is 1.82. The summed E-state index contributed by atoms with van der Waals surface area (Å²) in [7, 11) is 0. The first-order valence-corrected chi connectivity index (χ1v) is 9.98. The number of halogens is 1. The van der Waals surface area contributed by atoms with Crippen LogP contribution in [0.4, 0.5) is 5.82 Å². The first kappa shape index (κ1) is 17.4. The number of rotatable bonds is 2. The third-order valence-electron chi connectivity index (χ3n) is 5.48. The Morgan fingerprint density at radius 2 is 2.00 bits per heavy atom. The van der Waals surface area contributed by atoms with Crippen LogP contribution in [0.15, 0.2) is 36.8 Å². The Hall–Kier alpha value is -2.73. The topological polar surface area (TPSA) is 59.2 Å². The number of fused-ring (bicyclic) bond motifs is 2. The lowest BCUT2D eigenvalue weighted by molar-refractivity contribution is 0.461. The molecule has 7 heteroatoms.